The Morgan fingerprint density at radius 2 is 2.06 bits per heavy atom. The predicted molar refractivity (Wildman–Crippen MR) is 117 cm³/mol. The van der Waals surface area contributed by atoms with Crippen LogP contribution in [0.5, 0.6) is 0 Å². The van der Waals surface area contributed by atoms with Crippen LogP contribution in [0.4, 0.5) is 8.78 Å². The number of rotatable bonds is 5. The van der Waals surface area contributed by atoms with Crippen LogP contribution in [0.3, 0.4) is 0 Å². The Morgan fingerprint density at radius 3 is 2.69 bits per heavy atom. The van der Waals surface area contributed by atoms with Crippen LogP contribution in [0.2, 0.25) is 0 Å². The maximum atomic E-state index is 13.6. The monoisotopic (exact) mass is 439 g/mol. The van der Waals surface area contributed by atoms with Crippen LogP contribution in [0.25, 0.3) is 16.6 Å². The quantitative estimate of drug-likeness (QED) is 0.638. The zero-order chi connectivity index (χ0) is 22.9. The summed E-state index contributed by atoms with van der Waals surface area (Å²) >= 11 is 0. The summed E-state index contributed by atoms with van der Waals surface area (Å²) in [4.78, 5) is 36.9. The van der Waals surface area contributed by atoms with E-state index in [1.54, 1.807) is 31.6 Å². The fourth-order valence-corrected chi connectivity index (χ4v) is 3.76. The number of nitrogens with one attached hydrogen (secondary N) is 2. The highest BCUT2D eigenvalue weighted by Crippen LogP contribution is 2.26. The first-order valence-corrected chi connectivity index (χ1v) is 10.2. The molecule has 0 unspecified atom stereocenters. The van der Waals surface area contributed by atoms with Gasteiger partial charge in [-0.25, -0.2) is 8.78 Å². The molecule has 3 aromatic rings. The van der Waals surface area contributed by atoms with Crippen LogP contribution in [0.1, 0.15) is 40.5 Å². The van der Waals surface area contributed by atoms with Crippen LogP contribution in [-0.2, 0) is 12.5 Å². The van der Waals surface area contributed by atoms with E-state index in [4.69, 9.17) is 0 Å². The molecule has 7 nitrogen and oxygen atoms in total. The molecule has 0 atom stereocenters. The van der Waals surface area contributed by atoms with Crippen molar-refractivity contribution < 1.29 is 13.6 Å². The van der Waals surface area contributed by atoms with Gasteiger partial charge in [0, 0.05) is 46.0 Å². The number of hydrogen-bond acceptors (Lipinski definition) is 5. The number of pyridine rings is 3. The molecule has 166 valence electrons. The third kappa shape index (κ3) is 4.57. The number of carbonyl (C=O) groups is 1. The van der Waals surface area contributed by atoms with Crippen molar-refractivity contribution in [2.75, 3.05) is 20.1 Å². The van der Waals surface area contributed by atoms with E-state index in [0.717, 1.165) is 36.7 Å². The van der Waals surface area contributed by atoms with Gasteiger partial charge in [0.2, 0.25) is 0 Å². The molecular weight excluding hydrogens is 416 g/mol. The zero-order valence-electron chi connectivity index (χ0n) is 17.8. The molecule has 32 heavy (non-hydrogen) atoms. The van der Waals surface area contributed by atoms with Gasteiger partial charge in [0.25, 0.3) is 17.4 Å². The SMILES string of the molecule is CNC(=O)c1ccc(C2=CCN(Cc3cnc4cc(C(C)(F)F)c(=O)[nH]c4c3)CC2)cn1. The van der Waals surface area contributed by atoms with Crippen molar-refractivity contribution in [3.05, 3.63) is 75.5 Å². The second-order valence-electron chi connectivity index (χ2n) is 7.90. The highest BCUT2D eigenvalue weighted by Gasteiger charge is 2.28. The van der Waals surface area contributed by atoms with E-state index in [1.165, 1.54) is 5.57 Å². The number of fused-ring (bicyclic) bond motifs is 1. The second kappa shape index (κ2) is 8.58. The first-order valence-electron chi connectivity index (χ1n) is 10.2. The number of alkyl halides is 2. The molecule has 1 aliphatic rings. The smallest absolute Gasteiger partial charge is 0.275 e. The highest BCUT2D eigenvalue weighted by molar-refractivity contribution is 5.92. The van der Waals surface area contributed by atoms with Gasteiger partial charge in [-0.3, -0.25) is 24.5 Å². The lowest BCUT2D eigenvalue weighted by Gasteiger charge is -2.26. The van der Waals surface area contributed by atoms with Crippen molar-refractivity contribution in [3.63, 3.8) is 0 Å². The molecule has 4 heterocycles. The average Bonchev–Trinajstić information content (AvgIpc) is 2.78. The number of aromatic amines is 1. The van der Waals surface area contributed by atoms with Crippen LogP contribution in [0.15, 0.2) is 47.5 Å². The number of H-pyrrole nitrogens is 1. The Balaban J connectivity index is 1.46. The molecule has 2 N–H and O–H groups in total. The van der Waals surface area contributed by atoms with Crippen molar-refractivity contribution in [1.82, 2.24) is 25.2 Å². The molecule has 1 amide bonds. The standard InChI is InChI=1S/C23H23F2N5O2/c1-23(24,25)17-10-19-20(29-21(17)31)9-14(11-27-19)13-30-7-5-15(6-8-30)16-3-4-18(28-12-16)22(32)26-2/h3-5,9-12H,6-8,13H2,1-2H3,(H,26,32)(H,29,31). The Kier molecular flexibility index (Phi) is 5.84. The van der Waals surface area contributed by atoms with Gasteiger partial charge >= 0.3 is 0 Å². The lowest BCUT2D eigenvalue weighted by atomic mass is 10.0. The fourth-order valence-electron chi connectivity index (χ4n) is 3.76. The zero-order valence-corrected chi connectivity index (χ0v) is 17.8. The van der Waals surface area contributed by atoms with E-state index in [2.05, 4.69) is 31.2 Å². The van der Waals surface area contributed by atoms with Crippen LogP contribution in [0, 0.1) is 0 Å². The van der Waals surface area contributed by atoms with Gasteiger partial charge in [-0.2, -0.15) is 0 Å². The Labute approximate surface area is 183 Å². The van der Waals surface area contributed by atoms with Crippen molar-refractivity contribution in [1.29, 1.82) is 0 Å². The van der Waals surface area contributed by atoms with Gasteiger partial charge in [0.1, 0.15) is 5.69 Å². The van der Waals surface area contributed by atoms with E-state index in [0.29, 0.717) is 30.2 Å². The maximum Gasteiger partial charge on any atom is 0.275 e. The summed E-state index contributed by atoms with van der Waals surface area (Å²) in [5, 5.41) is 2.55. The number of amides is 1. The molecule has 0 aromatic carbocycles. The number of halogens is 2. The molecule has 0 spiro atoms. The van der Waals surface area contributed by atoms with Gasteiger partial charge in [-0.05, 0) is 41.3 Å². The van der Waals surface area contributed by atoms with Gasteiger partial charge < -0.3 is 10.3 Å². The summed E-state index contributed by atoms with van der Waals surface area (Å²) in [6.07, 6.45) is 6.32. The first-order chi connectivity index (χ1) is 15.2. The summed E-state index contributed by atoms with van der Waals surface area (Å²) in [5.74, 6) is -3.44. The Hall–Kier alpha value is -3.46. The summed E-state index contributed by atoms with van der Waals surface area (Å²) in [6.45, 7) is 2.86. The Morgan fingerprint density at radius 1 is 1.25 bits per heavy atom. The van der Waals surface area contributed by atoms with Gasteiger partial charge in [0.15, 0.2) is 0 Å². The third-order valence-electron chi connectivity index (χ3n) is 5.52. The fraction of sp³-hybridized carbons (Fsp3) is 0.304. The molecule has 0 saturated carbocycles. The largest absolute Gasteiger partial charge is 0.354 e. The molecule has 3 aromatic heterocycles. The van der Waals surface area contributed by atoms with E-state index >= 15 is 0 Å². The number of carbonyl (C=O) groups excluding carboxylic acids is 1. The highest BCUT2D eigenvalue weighted by atomic mass is 19.3. The summed E-state index contributed by atoms with van der Waals surface area (Å²) in [7, 11) is 1.57. The third-order valence-corrected chi connectivity index (χ3v) is 5.52. The maximum absolute atomic E-state index is 13.6. The first kappa shape index (κ1) is 21.8. The van der Waals surface area contributed by atoms with Gasteiger partial charge in [0.05, 0.1) is 16.6 Å². The van der Waals surface area contributed by atoms with E-state index in [9.17, 15) is 18.4 Å². The number of nitrogens with zero attached hydrogens (tertiary/aromatic N) is 3. The van der Waals surface area contributed by atoms with Crippen molar-refractivity contribution in [3.8, 4) is 0 Å². The van der Waals surface area contributed by atoms with E-state index in [1.807, 2.05) is 6.07 Å². The molecular formula is C23H23F2N5O2. The predicted octanol–water partition coefficient (Wildman–Crippen LogP) is 3.08. The molecule has 0 radical (unpaired) electrons. The summed E-state index contributed by atoms with van der Waals surface area (Å²) < 4.78 is 27.2. The molecule has 0 bridgehead atoms. The average molecular weight is 439 g/mol. The van der Waals surface area contributed by atoms with E-state index in [-0.39, 0.29) is 5.91 Å². The molecule has 0 fully saturated rings. The van der Waals surface area contributed by atoms with Gasteiger partial charge in [-0.15, -0.1) is 0 Å². The molecule has 0 saturated heterocycles. The number of hydrogen-bond donors (Lipinski definition) is 2. The summed E-state index contributed by atoms with van der Waals surface area (Å²) in [5.41, 5.74) is 2.82. The van der Waals surface area contributed by atoms with Crippen molar-refractivity contribution >= 4 is 22.5 Å². The molecule has 4 rings (SSSR count). The molecule has 9 heteroatoms. The van der Waals surface area contributed by atoms with Crippen molar-refractivity contribution in [2.45, 2.75) is 25.8 Å². The molecule has 0 aliphatic carbocycles. The number of aromatic nitrogens is 3. The topological polar surface area (TPSA) is 91.0 Å². The van der Waals surface area contributed by atoms with Crippen molar-refractivity contribution in [2.24, 2.45) is 0 Å². The minimum atomic E-state index is -3.22. The van der Waals surface area contributed by atoms with E-state index < -0.39 is 17.0 Å². The lowest BCUT2D eigenvalue weighted by molar-refractivity contribution is 0.0161. The second-order valence-corrected chi connectivity index (χ2v) is 7.90. The summed E-state index contributed by atoms with van der Waals surface area (Å²) in [6, 6.07) is 6.54. The van der Waals surface area contributed by atoms with Crippen LogP contribution >= 0.6 is 0 Å². The molecule has 1 aliphatic heterocycles. The Bertz CT molecular complexity index is 1250. The normalized spacial score (nSPS) is 14.9. The van der Waals surface area contributed by atoms with Gasteiger partial charge in [-0.1, -0.05) is 12.1 Å². The minimum absolute atomic E-state index is 0.217. The lowest BCUT2D eigenvalue weighted by Crippen LogP contribution is -2.28. The van der Waals surface area contributed by atoms with Crippen LogP contribution < -0.4 is 10.9 Å². The minimum Gasteiger partial charge on any atom is -0.354 e. The van der Waals surface area contributed by atoms with Crippen LogP contribution in [-0.4, -0.2) is 45.9 Å².